The van der Waals surface area contributed by atoms with Crippen molar-refractivity contribution in [3.63, 3.8) is 0 Å². The van der Waals surface area contributed by atoms with E-state index in [1.165, 1.54) is 0 Å². The van der Waals surface area contributed by atoms with Gasteiger partial charge in [0.25, 0.3) is 5.91 Å². The molecular formula is C23H23ClN4O4. The highest BCUT2D eigenvalue weighted by molar-refractivity contribution is 6.32. The molecule has 1 aromatic carbocycles. The summed E-state index contributed by atoms with van der Waals surface area (Å²) in [5.41, 5.74) is 4.25. The van der Waals surface area contributed by atoms with Crippen LogP contribution in [0.25, 0.3) is 11.3 Å². The summed E-state index contributed by atoms with van der Waals surface area (Å²) in [6.45, 7) is 1.79. The van der Waals surface area contributed by atoms with E-state index in [1.807, 2.05) is 18.2 Å². The third-order valence-corrected chi connectivity index (χ3v) is 5.97. The number of amides is 1. The molecule has 4 heterocycles. The Bertz CT molecular complexity index is 1160. The molecule has 9 heteroatoms. The third kappa shape index (κ3) is 3.76. The van der Waals surface area contributed by atoms with Gasteiger partial charge in [-0.25, -0.2) is 0 Å². The van der Waals surface area contributed by atoms with Crippen LogP contribution in [-0.2, 0) is 11.2 Å². The molecule has 0 aliphatic carbocycles. The summed E-state index contributed by atoms with van der Waals surface area (Å²) in [5.74, 6) is 0.972. The van der Waals surface area contributed by atoms with Gasteiger partial charge in [0.05, 0.1) is 47.1 Å². The number of nitrogens with one attached hydrogen (secondary N) is 3. The second-order valence-electron chi connectivity index (χ2n) is 7.64. The van der Waals surface area contributed by atoms with E-state index in [0.717, 1.165) is 30.0 Å². The molecule has 166 valence electrons. The zero-order chi connectivity index (χ0) is 22.1. The predicted octanol–water partition coefficient (Wildman–Crippen LogP) is 3.94. The van der Waals surface area contributed by atoms with Crippen LogP contribution in [0.15, 0.2) is 36.7 Å². The van der Waals surface area contributed by atoms with Gasteiger partial charge in [-0.05, 0) is 18.2 Å². The number of halogens is 1. The van der Waals surface area contributed by atoms with Crippen molar-refractivity contribution >= 4 is 28.9 Å². The lowest BCUT2D eigenvalue weighted by atomic mass is 10.0. The Morgan fingerprint density at radius 2 is 2.22 bits per heavy atom. The van der Waals surface area contributed by atoms with Crippen molar-refractivity contribution in [2.75, 3.05) is 32.2 Å². The van der Waals surface area contributed by atoms with Gasteiger partial charge < -0.3 is 29.8 Å². The first-order valence-corrected chi connectivity index (χ1v) is 10.8. The fourth-order valence-corrected chi connectivity index (χ4v) is 4.21. The summed E-state index contributed by atoms with van der Waals surface area (Å²) in [6.07, 6.45) is 5.15. The minimum Gasteiger partial charge on any atom is -0.493 e. The summed E-state index contributed by atoms with van der Waals surface area (Å²) in [5, 5.41) is 6.78. The summed E-state index contributed by atoms with van der Waals surface area (Å²) in [4.78, 5) is 20.5. The van der Waals surface area contributed by atoms with Crippen LogP contribution in [0.1, 0.15) is 22.5 Å². The number of ether oxygens (including phenoxy) is 3. The highest BCUT2D eigenvalue weighted by Gasteiger charge is 2.29. The van der Waals surface area contributed by atoms with Gasteiger partial charge >= 0.3 is 0 Å². The van der Waals surface area contributed by atoms with Gasteiger partial charge in [-0.15, -0.1) is 0 Å². The van der Waals surface area contributed by atoms with Crippen molar-refractivity contribution in [2.24, 2.45) is 0 Å². The molecule has 8 nitrogen and oxygen atoms in total. The Kier molecular flexibility index (Phi) is 5.63. The number of hydrogen-bond donors (Lipinski definition) is 3. The molecule has 2 aliphatic rings. The van der Waals surface area contributed by atoms with E-state index in [1.54, 1.807) is 25.6 Å². The summed E-state index contributed by atoms with van der Waals surface area (Å²) in [6, 6.07) is 7.30. The van der Waals surface area contributed by atoms with E-state index in [9.17, 15) is 4.79 Å². The number of nitrogens with zero attached hydrogens (tertiary/aromatic N) is 1. The first kappa shape index (κ1) is 20.7. The molecule has 1 atom stereocenters. The number of carbonyl (C=O) groups is 1. The summed E-state index contributed by atoms with van der Waals surface area (Å²) < 4.78 is 17.0. The lowest BCUT2D eigenvalue weighted by molar-refractivity contribution is -0.0720. The van der Waals surface area contributed by atoms with Crippen molar-refractivity contribution in [2.45, 2.75) is 18.9 Å². The number of benzene rings is 1. The fourth-order valence-electron chi connectivity index (χ4n) is 3.96. The Balaban J connectivity index is 1.60. The predicted molar refractivity (Wildman–Crippen MR) is 121 cm³/mol. The minimum atomic E-state index is -0.142. The molecule has 0 spiro atoms. The number of aromatic amines is 1. The summed E-state index contributed by atoms with van der Waals surface area (Å²) >= 11 is 6.32. The maximum atomic E-state index is 12.8. The van der Waals surface area contributed by atoms with Crippen molar-refractivity contribution in [1.82, 2.24) is 15.3 Å². The summed E-state index contributed by atoms with van der Waals surface area (Å²) in [7, 11) is 1.56. The number of methoxy groups -OCH3 is 1. The maximum absolute atomic E-state index is 12.8. The second-order valence-corrected chi connectivity index (χ2v) is 8.05. The standard InChI is InChI=1S/C23H23ClN4O4/c1-30-22-15(24)3-2-4-17(22)28-21-19-16(6-9-26-23(19)29)27-20(21)14-5-8-25-11-18(14)32-12-13-7-10-31-13/h2-5,8,11,13,27-28H,6-7,9-10,12H2,1H3,(H,26,29)/t13-/m0/s1. The van der Waals surface area contributed by atoms with Crippen molar-refractivity contribution in [3.05, 3.63) is 52.9 Å². The number of aromatic nitrogens is 2. The molecule has 1 fully saturated rings. The molecule has 0 unspecified atom stereocenters. The van der Waals surface area contributed by atoms with Gasteiger partial charge in [0.2, 0.25) is 0 Å². The number of H-pyrrole nitrogens is 1. The van der Waals surface area contributed by atoms with Gasteiger partial charge in [0.1, 0.15) is 12.4 Å². The molecule has 1 saturated heterocycles. The van der Waals surface area contributed by atoms with Gasteiger partial charge in [0, 0.05) is 43.4 Å². The van der Waals surface area contributed by atoms with Crippen LogP contribution >= 0.6 is 11.6 Å². The number of anilines is 2. The van der Waals surface area contributed by atoms with Crippen LogP contribution in [0.3, 0.4) is 0 Å². The number of hydrogen-bond acceptors (Lipinski definition) is 6. The SMILES string of the molecule is COc1c(Cl)cccc1Nc1c(-c2ccncc2OC[C@@H]2CCO2)[nH]c2c1C(=O)NCC2. The first-order chi connectivity index (χ1) is 15.7. The molecular weight excluding hydrogens is 432 g/mol. The molecule has 0 bridgehead atoms. The lowest BCUT2D eigenvalue weighted by Crippen LogP contribution is -2.32. The molecule has 2 aliphatic heterocycles. The van der Waals surface area contributed by atoms with E-state index >= 15 is 0 Å². The van der Waals surface area contributed by atoms with Gasteiger partial charge in [-0.1, -0.05) is 17.7 Å². The smallest absolute Gasteiger partial charge is 0.255 e. The topological polar surface area (TPSA) is 97.5 Å². The number of fused-ring (bicyclic) bond motifs is 1. The van der Waals surface area contributed by atoms with Crippen molar-refractivity contribution in [1.29, 1.82) is 0 Å². The number of pyridine rings is 1. The van der Waals surface area contributed by atoms with E-state index < -0.39 is 0 Å². The van der Waals surface area contributed by atoms with Crippen LogP contribution in [-0.4, -0.2) is 48.8 Å². The molecule has 3 aromatic rings. The van der Waals surface area contributed by atoms with Crippen molar-refractivity contribution < 1.29 is 19.0 Å². The van der Waals surface area contributed by atoms with Crippen LogP contribution < -0.4 is 20.1 Å². The van der Waals surface area contributed by atoms with Crippen LogP contribution in [0.4, 0.5) is 11.4 Å². The monoisotopic (exact) mass is 454 g/mol. The van der Waals surface area contributed by atoms with Gasteiger partial charge in [-0.3, -0.25) is 9.78 Å². The van der Waals surface area contributed by atoms with Crippen LogP contribution in [0, 0.1) is 0 Å². The molecule has 1 amide bonds. The Morgan fingerprint density at radius 3 is 3.00 bits per heavy atom. The molecule has 0 saturated carbocycles. The Labute approximate surface area is 190 Å². The quantitative estimate of drug-likeness (QED) is 0.500. The normalized spacial score (nSPS) is 17.2. The molecule has 0 radical (unpaired) electrons. The largest absolute Gasteiger partial charge is 0.493 e. The number of rotatable bonds is 7. The second kappa shape index (κ2) is 8.72. The fraction of sp³-hybridized carbons (Fsp3) is 0.304. The van der Waals surface area contributed by atoms with Crippen molar-refractivity contribution in [3.8, 4) is 22.8 Å². The third-order valence-electron chi connectivity index (χ3n) is 5.67. The Hall–Kier alpha value is -3.23. The molecule has 32 heavy (non-hydrogen) atoms. The first-order valence-electron chi connectivity index (χ1n) is 10.5. The number of carbonyl (C=O) groups excluding carboxylic acids is 1. The van der Waals surface area contributed by atoms with Gasteiger partial charge in [0.15, 0.2) is 5.75 Å². The molecule has 3 N–H and O–H groups in total. The molecule has 2 aromatic heterocycles. The van der Waals surface area contributed by atoms with Crippen LogP contribution in [0.2, 0.25) is 5.02 Å². The zero-order valence-electron chi connectivity index (χ0n) is 17.5. The van der Waals surface area contributed by atoms with Crippen LogP contribution in [0.5, 0.6) is 11.5 Å². The average molecular weight is 455 g/mol. The van der Waals surface area contributed by atoms with E-state index in [4.69, 9.17) is 25.8 Å². The Morgan fingerprint density at radius 1 is 1.34 bits per heavy atom. The average Bonchev–Trinajstić information content (AvgIpc) is 3.12. The van der Waals surface area contributed by atoms with E-state index in [0.29, 0.717) is 53.0 Å². The minimum absolute atomic E-state index is 0.0963. The highest BCUT2D eigenvalue weighted by atomic mass is 35.5. The number of para-hydroxylation sites is 1. The lowest BCUT2D eigenvalue weighted by Gasteiger charge is -2.26. The molecule has 5 rings (SSSR count). The maximum Gasteiger partial charge on any atom is 0.255 e. The van der Waals surface area contributed by atoms with E-state index in [2.05, 4.69) is 20.6 Å². The highest BCUT2D eigenvalue weighted by Crippen LogP contribution is 2.42. The van der Waals surface area contributed by atoms with Gasteiger partial charge in [-0.2, -0.15) is 0 Å². The van der Waals surface area contributed by atoms with E-state index in [-0.39, 0.29) is 12.0 Å². The zero-order valence-corrected chi connectivity index (χ0v) is 18.3.